The Morgan fingerprint density at radius 3 is 2.58 bits per heavy atom. The zero-order valence-electron chi connectivity index (χ0n) is 12.7. The second-order valence-corrected chi connectivity index (χ2v) is 5.58. The summed E-state index contributed by atoms with van der Waals surface area (Å²) < 4.78 is 8.12. The van der Waals surface area contributed by atoms with Crippen molar-refractivity contribution >= 4 is 11.8 Å². The summed E-state index contributed by atoms with van der Waals surface area (Å²) in [6.45, 7) is 6.60. The molecule has 0 bridgehead atoms. The Labute approximate surface area is 114 Å². The van der Waals surface area contributed by atoms with Gasteiger partial charge in [0.2, 0.25) is 0 Å². The first kappa shape index (κ1) is 13.7. The molecule has 4 heteroatoms. The molecule has 1 atom stereocenters. The van der Waals surface area contributed by atoms with Crippen molar-refractivity contribution in [2.75, 3.05) is 0 Å². The van der Waals surface area contributed by atoms with E-state index in [1.807, 2.05) is 0 Å². The van der Waals surface area contributed by atoms with E-state index in [9.17, 15) is 14.7 Å². The summed E-state index contributed by atoms with van der Waals surface area (Å²) in [5.41, 5.74) is -1.63. The third-order valence-corrected chi connectivity index (χ3v) is 3.40. The third kappa shape index (κ3) is 3.20. The minimum absolute atomic E-state index is 0.0808. The minimum atomic E-state index is -1.57. The summed E-state index contributed by atoms with van der Waals surface area (Å²) in [4.78, 5) is 22.2. The molecule has 0 amide bonds. The van der Waals surface area contributed by atoms with Gasteiger partial charge in [-0.05, 0) is 37.1 Å². The first-order chi connectivity index (χ1) is 9.00. The van der Waals surface area contributed by atoms with Crippen molar-refractivity contribution in [3.63, 3.8) is 0 Å². The number of aliphatic carboxylic acids is 1. The summed E-state index contributed by atoms with van der Waals surface area (Å²) in [7, 11) is 0. The maximum atomic E-state index is 11.6. The number of carbonyl (C=O) groups is 2. The molecule has 0 aliphatic heterocycles. The molecule has 1 unspecified atom stereocenters. The normalized spacial score (nSPS) is 28.8. The average Bonchev–Trinajstić information content (AvgIpc) is 2.23. The van der Waals surface area contributed by atoms with E-state index in [4.69, 9.17) is 6.48 Å². The van der Waals surface area contributed by atoms with Crippen molar-refractivity contribution in [2.24, 2.45) is 5.41 Å². The van der Waals surface area contributed by atoms with Gasteiger partial charge in [-0.2, -0.15) is 0 Å². The van der Waals surface area contributed by atoms with Crippen molar-refractivity contribution in [3.05, 3.63) is 35.4 Å². The van der Waals surface area contributed by atoms with Gasteiger partial charge in [-0.3, -0.25) is 4.79 Å². The summed E-state index contributed by atoms with van der Waals surface area (Å²) in [5.74, 6) is -1.19. The molecule has 1 aliphatic rings. The summed E-state index contributed by atoms with van der Waals surface area (Å²) in [5, 5.41) is 19.6. The third-order valence-electron chi connectivity index (χ3n) is 3.40. The van der Waals surface area contributed by atoms with Crippen LogP contribution in [0, 0.1) is 5.41 Å². The molecule has 0 aromatic heterocycles. The van der Waals surface area contributed by atoms with E-state index in [2.05, 4.69) is 0 Å². The highest BCUT2D eigenvalue weighted by Gasteiger charge is 2.46. The maximum Gasteiger partial charge on any atom is 0.328 e. The number of carboxylic acids is 1. The molecule has 104 valence electrons. The first-order valence-electron chi connectivity index (χ1n) is 6.54. The monoisotopic (exact) mass is 265 g/mol. The Morgan fingerprint density at radius 2 is 2.11 bits per heavy atom. The van der Waals surface area contributed by atoms with Gasteiger partial charge in [0.1, 0.15) is 5.60 Å². The Bertz CT molecular complexity index is 540. The number of carbonyl (C=O) groups excluding carboxylic acids is 1. The Morgan fingerprint density at radius 1 is 1.53 bits per heavy atom. The van der Waals surface area contributed by atoms with Gasteiger partial charge >= 0.3 is 5.97 Å². The van der Waals surface area contributed by atoms with E-state index in [-0.39, 0.29) is 18.3 Å². The van der Waals surface area contributed by atoms with Crippen LogP contribution in [0.2, 0.25) is 0 Å². The smallest absolute Gasteiger partial charge is 0.328 e. The predicted molar refractivity (Wildman–Crippen MR) is 72.6 cm³/mol. The fraction of sp³-hybridized carbons (Fsp3) is 0.467. The molecule has 0 saturated carbocycles. The van der Waals surface area contributed by atoms with E-state index in [1.165, 1.54) is 12.2 Å². The van der Waals surface area contributed by atoms with Crippen LogP contribution in [0.5, 0.6) is 0 Å². The maximum absolute atomic E-state index is 11.6. The molecule has 1 rings (SSSR count). The van der Waals surface area contributed by atoms with Crippen LogP contribution in [-0.2, 0) is 9.59 Å². The second-order valence-electron chi connectivity index (χ2n) is 5.58. The molecule has 0 aromatic rings. The van der Waals surface area contributed by atoms with Crippen LogP contribution in [0.3, 0.4) is 0 Å². The highest BCUT2D eigenvalue weighted by Crippen LogP contribution is 2.44. The van der Waals surface area contributed by atoms with Crippen molar-refractivity contribution in [1.29, 1.82) is 0 Å². The molecule has 0 aromatic carbocycles. The highest BCUT2D eigenvalue weighted by molar-refractivity contribution is 5.92. The number of hydrogen-bond donors (Lipinski definition) is 2. The molecule has 4 nitrogen and oxygen atoms in total. The standard InChI is InChI=1S/C15H20O4/c1-10(7-13(17)18)5-6-15(19)11(2)8-12(16)9-14(15,3)4/h5-8,19H,9H2,1-4H3,(H,17,18)/b6-5+,10-7-/i6D. The molecule has 1 aliphatic carbocycles. The van der Waals surface area contributed by atoms with Gasteiger partial charge in [-0.15, -0.1) is 0 Å². The fourth-order valence-electron chi connectivity index (χ4n) is 2.26. The summed E-state index contributed by atoms with van der Waals surface area (Å²) >= 11 is 0. The average molecular weight is 265 g/mol. The number of allylic oxidation sites excluding steroid dienone is 3. The molecule has 0 saturated heterocycles. The van der Waals surface area contributed by atoms with Crippen LogP contribution in [-0.4, -0.2) is 27.6 Å². The van der Waals surface area contributed by atoms with Gasteiger partial charge in [-0.25, -0.2) is 4.79 Å². The highest BCUT2D eigenvalue weighted by atomic mass is 16.4. The molecule has 19 heavy (non-hydrogen) atoms. The van der Waals surface area contributed by atoms with Crippen molar-refractivity contribution in [1.82, 2.24) is 0 Å². The molecular formula is C15H20O4. The number of aliphatic hydroxyl groups is 1. The van der Waals surface area contributed by atoms with Gasteiger partial charge in [0.05, 0.1) is 1.37 Å². The van der Waals surface area contributed by atoms with Gasteiger partial charge in [0, 0.05) is 17.9 Å². The lowest BCUT2D eigenvalue weighted by atomic mass is 9.64. The number of rotatable bonds is 3. The molecule has 2 N–H and O–H groups in total. The van der Waals surface area contributed by atoms with Crippen LogP contribution in [0.4, 0.5) is 0 Å². The number of ketones is 1. The van der Waals surface area contributed by atoms with Gasteiger partial charge < -0.3 is 10.2 Å². The molecular weight excluding hydrogens is 244 g/mol. The van der Waals surface area contributed by atoms with Gasteiger partial charge in [0.25, 0.3) is 0 Å². The fourth-order valence-corrected chi connectivity index (χ4v) is 2.26. The summed E-state index contributed by atoms with van der Waals surface area (Å²) in [6, 6.07) is -0.112. The van der Waals surface area contributed by atoms with Crippen molar-refractivity contribution in [2.45, 2.75) is 39.7 Å². The predicted octanol–water partition coefficient (Wildman–Crippen LogP) is 2.25. The number of hydrogen-bond acceptors (Lipinski definition) is 3. The lowest BCUT2D eigenvalue weighted by Gasteiger charge is -2.43. The first-order valence-corrected chi connectivity index (χ1v) is 6.04. The van der Waals surface area contributed by atoms with Crippen LogP contribution < -0.4 is 0 Å². The van der Waals surface area contributed by atoms with E-state index in [0.29, 0.717) is 11.1 Å². The van der Waals surface area contributed by atoms with E-state index < -0.39 is 17.0 Å². The topological polar surface area (TPSA) is 74.6 Å². The largest absolute Gasteiger partial charge is 0.478 e. The van der Waals surface area contributed by atoms with Crippen LogP contribution >= 0.6 is 0 Å². The quantitative estimate of drug-likeness (QED) is 0.606. The van der Waals surface area contributed by atoms with Crippen LogP contribution in [0.25, 0.3) is 0 Å². The molecule has 0 heterocycles. The van der Waals surface area contributed by atoms with E-state index >= 15 is 0 Å². The van der Waals surface area contributed by atoms with Gasteiger partial charge in [-0.1, -0.05) is 19.9 Å². The lowest BCUT2D eigenvalue weighted by Crippen LogP contribution is -2.48. The van der Waals surface area contributed by atoms with Crippen LogP contribution in [0.1, 0.15) is 35.5 Å². The summed E-state index contributed by atoms with van der Waals surface area (Å²) in [6.07, 6.45) is 3.78. The Balaban J connectivity index is 3.33. The Kier molecular flexibility index (Phi) is 3.71. The van der Waals surface area contributed by atoms with Gasteiger partial charge in [0.15, 0.2) is 5.78 Å². The van der Waals surface area contributed by atoms with E-state index in [1.54, 1.807) is 27.7 Å². The lowest BCUT2D eigenvalue weighted by molar-refractivity contribution is -0.131. The zero-order chi connectivity index (χ0) is 15.7. The van der Waals surface area contributed by atoms with Crippen LogP contribution in [0.15, 0.2) is 35.4 Å². The molecule has 0 fully saturated rings. The van der Waals surface area contributed by atoms with E-state index in [0.717, 1.165) is 6.08 Å². The minimum Gasteiger partial charge on any atom is -0.478 e. The molecule has 0 radical (unpaired) electrons. The van der Waals surface area contributed by atoms with Crippen molar-refractivity contribution < 1.29 is 21.2 Å². The molecule has 0 spiro atoms. The van der Waals surface area contributed by atoms with Crippen molar-refractivity contribution in [3.8, 4) is 0 Å². The second kappa shape index (κ2) is 5.13. The zero-order valence-corrected chi connectivity index (χ0v) is 11.7. The SMILES string of the molecule is [2H]/C(=C\C(C)=C/C(=O)O)C1(O)C(C)=CC(=O)CC1(C)C. The Hall–Kier alpha value is -1.68. The number of carboxylic acid groups (broad SMARTS) is 1.